The molecule has 5 rings (SSSR count). The van der Waals surface area contributed by atoms with Crippen LogP contribution in [0.2, 0.25) is 0 Å². The lowest BCUT2D eigenvalue weighted by atomic mass is 9.55. The molecule has 5 aliphatic carbocycles. The van der Waals surface area contributed by atoms with Gasteiger partial charge in [-0.1, -0.05) is 0 Å². The van der Waals surface area contributed by atoms with Crippen molar-refractivity contribution < 1.29 is 0 Å². The van der Waals surface area contributed by atoms with Crippen LogP contribution < -0.4 is 0 Å². The summed E-state index contributed by atoms with van der Waals surface area (Å²) >= 11 is 9.83. The highest BCUT2D eigenvalue weighted by molar-refractivity contribution is 7.80. The molecule has 106 valence electrons. The van der Waals surface area contributed by atoms with Crippen molar-refractivity contribution in [3.63, 3.8) is 0 Å². The van der Waals surface area contributed by atoms with Crippen LogP contribution in [-0.2, 0) is 0 Å². The molecule has 0 saturated heterocycles. The van der Waals surface area contributed by atoms with Crippen LogP contribution in [0.3, 0.4) is 0 Å². The number of hydrogen-bond acceptors (Lipinski definition) is 2. The summed E-state index contributed by atoms with van der Waals surface area (Å²) in [6.07, 6.45) is 10.7. The SMILES string of the molecule is SCC12CCC(C1)C1CC3C4CCC(C4)C3C12CS. The minimum Gasteiger partial charge on any atom is -0.179 e. The predicted octanol–water partition coefficient (Wildman–Crippen LogP) is 4.31. The number of rotatable bonds is 2. The molecular weight excluding hydrogens is 268 g/mol. The summed E-state index contributed by atoms with van der Waals surface area (Å²) in [4.78, 5) is 0. The van der Waals surface area contributed by atoms with Crippen molar-refractivity contribution in [2.24, 2.45) is 46.3 Å². The molecule has 5 fully saturated rings. The average Bonchev–Trinajstić information content (AvgIpc) is 3.19. The first-order valence-electron chi connectivity index (χ1n) is 8.47. The molecule has 0 aromatic heterocycles. The molecule has 0 amide bonds. The molecular formula is C17H26S2. The van der Waals surface area contributed by atoms with Gasteiger partial charge in [0.15, 0.2) is 0 Å². The fraction of sp³-hybridized carbons (Fsp3) is 1.00. The first-order valence-corrected chi connectivity index (χ1v) is 9.74. The van der Waals surface area contributed by atoms with Gasteiger partial charge >= 0.3 is 0 Å². The zero-order valence-electron chi connectivity index (χ0n) is 11.7. The first kappa shape index (κ1) is 12.3. The van der Waals surface area contributed by atoms with Crippen LogP contribution in [0.4, 0.5) is 0 Å². The van der Waals surface area contributed by atoms with Crippen molar-refractivity contribution in [2.45, 2.75) is 44.9 Å². The molecule has 0 spiro atoms. The van der Waals surface area contributed by atoms with E-state index in [9.17, 15) is 0 Å². The second kappa shape index (κ2) is 3.72. The average molecular weight is 295 g/mol. The van der Waals surface area contributed by atoms with Crippen LogP contribution in [0.5, 0.6) is 0 Å². The van der Waals surface area contributed by atoms with Crippen molar-refractivity contribution in [1.82, 2.24) is 0 Å². The van der Waals surface area contributed by atoms with Crippen LogP contribution in [0.1, 0.15) is 44.9 Å². The molecule has 0 aromatic rings. The number of fused-ring (bicyclic) bond motifs is 11. The van der Waals surface area contributed by atoms with Gasteiger partial charge in [0.05, 0.1) is 0 Å². The lowest BCUT2D eigenvalue weighted by molar-refractivity contribution is -0.00719. The quantitative estimate of drug-likeness (QED) is 0.697. The van der Waals surface area contributed by atoms with E-state index in [-0.39, 0.29) is 0 Å². The fourth-order valence-corrected chi connectivity index (χ4v) is 9.64. The maximum atomic E-state index is 4.96. The molecule has 4 bridgehead atoms. The summed E-state index contributed by atoms with van der Waals surface area (Å²) in [6, 6.07) is 0. The second-order valence-electron chi connectivity index (χ2n) is 8.50. The normalized spacial score (nSPS) is 64.7. The third kappa shape index (κ3) is 1.14. The van der Waals surface area contributed by atoms with Crippen molar-refractivity contribution in [2.75, 3.05) is 11.5 Å². The highest BCUT2D eigenvalue weighted by Crippen LogP contribution is 2.80. The third-order valence-electron chi connectivity index (χ3n) is 8.64. The van der Waals surface area contributed by atoms with Crippen molar-refractivity contribution in [3.05, 3.63) is 0 Å². The van der Waals surface area contributed by atoms with Gasteiger partial charge < -0.3 is 0 Å². The van der Waals surface area contributed by atoms with Crippen LogP contribution in [-0.4, -0.2) is 11.5 Å². The Morgan fingerprint density at radius 3 is 2.53 bits per heavy atom. The van der Waals surface area contributed by atoms with Crippen molar-refractivity contribution in [3.8, 4) is 0 Å². The molecule has 0 aliphatic heterocycles. The lowest BCUT2D eigenvalue weighted by Crippen LogP contribution is -2.50. The topological polar surface area (TPSA) is 0 Å². The van der Waals surface area contributed by atoms with Gasteiger partial charge in [-0.15, -0.1) is 0 Å². The van der Waals surface area contributed by atoms with Crippen molar-refractivity contribution in [1.29, 1.82) is 0 Å². The molecule has 5 aliphatic rings. The van der Waals surface area contributed by atoms with Crippen LogP contribution >= 0.6 is 25.3 Å². The minimum absolute atomic E-state index is 0.580. The van der Waals surface area contributed by atoms with Gasteiger partial charge in [0.1, 0.15) is 0 Å². The molecule has 2 heteroatoms. The van der Waals surface area contributed by atoms with Gasteiger partial charge in [-0.25, -0.2) is 0 Å². The largest absolute Gasteiger partial charge is 0.179 e. The van der Waals surface area contributed by atoms with Gasteiger partial charge in [-0.2, -0.15) is 25.3 Å². The number of thiol groups is 2. The van der Waals surface area contributed by atoms with Crippen molar-refractivity contribution >= 4 is 25.3 Å². The summed E-state index contributed by atoms with van der Waals surface area (Å²) < 4.78 is 0. The molecule has 19 heavy (non-hydrogen) atoms. The first-order chi connectivity index (χ1) is 9.26. The molecule has 5 saturated carbocycles. The van der Waals surface area contributed by atoms with E-state index in [0.717, 1.165) is 41.3 Å². The zero-order valence-corrected chi connectivity index (χ0v) is 13.5. The molecule has 0 heterocycles. The third-order valence-corrected chi connectivity index (χ3v) is 9.77. The van der Waals surface area contributed by atoms with Crippen LogP contribution in [0.15, 0.2) is 0 Å². The van der Waals surface area contributed by atoms with Gasteiger partial charge in [0, 0.05) is 0 Å². The molecule has 0 aromatic carbocycles. The Hall–Kier alpha value is 0.700. The Morgan fingerprint density at radius 2 is 1.74 bits per heavy atom. The Morgan fingerprint density at radius 1 is 0.895 bits per heavy atom. The van der Waals surface area contributed by atoms with E-state index < -0.39 is 0 Å². The van der Waals surface area contributed by atoms with Gasteiger partial charge in [-0.05, 0) is 103 Å². The standard InChI is InChI=1S/C17H26S2/c18-8-16-4-3-12(7-16)14-6-13-10-1-2-11(5-10)15(13)17(14,16)9-19/h10-15,18-19H,1-9H2. The molecule has 0 N–H and O–H groups in total. The highest BCUT2D eigenvalue weighted by Gasteiger charge is 2.75. The van der Waals surface area contributed by atoms with Gasteiger partial charge in [0.25, 0.3) is 0 Å². The minimum atomic E-state index is 0.580. The molecule has 0 radical (unpaired) electrons. The maximum Gasteiger partial charge on any atom is -0.00299 e. The Bertz CT molecular complexity index is 421. The van der Waals surface area contributed by atoms with Gasteiger partial charge in [-0.3, -0.25) is 0 Å². The maximum absolute atomic E-state index is 4.96. The molecule has 8 atom stereocenters. The summed E-state index contributed by atoms with van der Waals surface area (Å²) in [6.45, 7) is 0. The second-order valence-corrected chi connectivity index (χ2v) is 9.14. The van der Waals surface area contributed by atoms with E-state index in [1.54, 1.807) is 25.7 Å². The zero-order chi connectivity index (χ0) is 12.8. The van der Waals surface area contributed by atoms with E-state index in [1.807, 2.05) is 0 Å². The molecule has 8 unspecified atom stereocenters. The highest BCUT2D eigenvalue weighted by atomic mass is 32.1. The van der Waals surface area contributed by atoms with E-state index >= 15 is 0 Å². The van der Waals surface area contributed by atoms with Crippen LogP contribution in [0, 0.1) is 46.3 Å². The van der Waals surface area contributed by atoms with E-state index in [1.165, 1.54) is 25.0 Å². The van der Waals surface area contributed by atoms with E-state index in [4.69, 9.17) is 25.3 Å². The summed E-state index contributed by atoms with van der Waals surface area (Å²) in [5, 5.41) is 0. The lowest BCUT2D eigenvalue weighted by Gasteiger charge is -2.52. The monoisotopic (exact) mass is 294 g/mol. The summed E-state index contributed by atoms with van der Waals surface area (Å²) in [7, 11) is 0. The Kier molecular flexibility index (Phi) is 2.40. The summed E-state index contributed by atoms with van der Waals surface area (Å²) in [5.41, 5.74) is 1.18. The predicted molar refractivity (Wildman–Crippen MR) is 85.8 cm³/mol. The number of hydrogen-bond donors (Lipinski definition) is 2. The Labute approximate surface area is 128 Å². The van der Waals surface area contributed by atoms with Gasteiger partial charge in [0.2, 0.25) is 0 Å². The smallest absolute Gasteiger partial charge is 0.00299 e. The van der Waals surface area contributed by atoms with Crippen LogP contribution in [0.25, 0.3) is 0 Å². The Balaban J connectivity index is 1.66. The van der Waals surface area contributed by atoms with E-state index in [0.29, 0.717) is 10.8 Å². The fourth-order valence-electron chi connectivity index (χ4n) is 8.28. The van der Waals surface area contributed by atoms with E-state index in [2.05, 4.69) is 0 Å². The summed E-state index contributed by atoms with van der Waals surface area (Å²) in [5.74, 6) is 8.70. The molecule has 0 nitrogen and oxygen atoms in total.